The van der Waals surface area contributed by atoms with Gasteiger partial charge in [-0.2, -0.15) is 0 Å². The van der Waals surface area contributed by atoms with E-state index in [0.29, 0.717) is 35.5 Å². The van der Waals surface area contributed by atoms with E-state index in [9.17, 15) is 9.59 Å². The van der Waals surface area contributed by atoms with Crippen molar-refractivity contribution in [2.45, 2.75) is 91.1 Å². The van der Waals surface area contributed by atoms with Crippen molar-refractivity contribution in [3.63, 3.8) is 0 Å². The van der Waals surface area contributed by atoms with Crippen LogP contribution in [0.1, 0.15) is 85.0 Å². The van der Waals surface area contributed by atoms with Gasteiger partial charge in [0, 0.05) is 13.3 Å². The molecule has 0 bridgehead atoms. The van der Waals surface area contributed by atoms with Crippen molar-refractivity contribution in [1.29, 1.82) is 0 Å². The monoisotopic (exact) mass is 442 g/mol. The highest BCUT2D eigenvalue weighted by Gasteiger charge is 2.58. The summed E-state index contributed by atoms with van der Waals surface area (Å²) in [6, 6.07) is 0. The van der Waals surface area contributed by atoms with Crippen LogP contribution in [-0.4, -0.2) is 25.2 Å². The fraction of sp³-hybridized carbons (Fsp3) is 0.786. The van der Waals surface area contributed by atoms with Gasteiger partial charge in [-0.3, -0.25) is 9.59 Å². The minimum absolute atomic E-state index is 0.107. The zero-order valence-electron chi connectivity index (χ0n) is 20.5. The molecule has 4 aliphatic rings. The molecule has 3 fully saturated rings. The highest BCUT2D eigenvalue weighted by Crippen LogP contribution is 2.66. The van der Waals surface area contributed by atoms with Crippen LogP contribution in [0, 0.1) is 40.4 Å². The predicted octanol–water partition coefficient (Wildman–Crippen LogP) is 6.25. The molecule has 0 radical (unpaired) electrons. The maximum atomic E-state index is 11.8. The molecular formula is C28H42O4. The minimum atomic E-state index is -0.138. The Hall–Kier alpha value is -1.58. The number of rotatable bonds is 6. The van der Waals surface area contributed by atoms with Crippen LogP contribution in [0.3, 0.4) is 0 Å². The van der Waals surface area contributed by atoms with E-state index < -0.39 is 0 Å². The van der Waals surface area contributed by atoms with Crippen molar-refractivity contribution in [1.82, 2.24) is 0 Å². The molecule has 0 aliphatic heterocycles. The van der Waals surface area contributed by atoms with Crippen molar-refractivity contribution in [2.24, 2.45) is 40.4 Å². The van der Waals surface area contributed by atoms with Crippen LogP contribution in [0.15, 0.2) is 24.3 Å². The molecule has 0 saturated heterocycles. The predicted molar refractivity (Wildman–Crippen MR) is 126 cm³/mol. The number of allylic oxidation sites excluding steroid dienone is 3. The molecule has 32 heavy (non-hydrogen) atoms. The van der Waals surface area contributed by atoms with Crippen LogP contribution >= 0.6 is 0 Å². The second-order valence-electron chi connectivity index (χ2n) is 11.5. The first-order valence-electron chi connectivity index (χ1n) is 12.8. The summed E-state index contributed by atoms with van der Waals surface area (Å²) >= 11 is 0. The lowest BCUT2D eigenvalue weighted by Crippen LogP contribution is -2.49. The summed E-state index contributed by atoms with van der Waals surface area (Å²) in [6.45, 7) is 10.7. The number of esters is 2. The third-order valence-electron chi connectivity index (χ3n) is 10.1. The van der Waals surface area contributed by atoms with E-state index in [1.54, 1.807) is 5.57 Å². The molecule has 0 aromatic carbocycles. The van der Waals surface area contributed by atoms with E-state index in [0.717, 1.165) is 38.0 Å². The van der Waals surface area contributed by atoms with E-state index in [-0.39, 0.29) is 23.5 Å². The van der Waals surface area contributed by atoms with Gasteiger partial charge in [0.1, 0.15) is 6.10 Å². The van der Waals surface area contributed by atoms with Crippen molar-refractivity contribution in [3.8, 4) is 0 Å². The topological polar surface area (TPSA) is 52.6 Å². The Morgan fingerprint density at radius 2 is 2.00 bits per heavy atom. The van der Waals surface area contributed by atoms with E-state index in [1.165, 1.54) is 39.7 Å². The third-order valence-corrected chi connectivity index (χ3v) is 10.1. The van der Waals surface area contributed by atoms with Crippen LogP contribution < -0.4 is 0 Å². The molecule has 4 rings (SSSR count). The van der Waals surface area contributed by atoms with Gasteiger partial charge in [-0.1, -0.05) is 31.6 Å². The lowest BCUT2D eigenvalue weighted by atomic mass is 9.48. The number of ether oxygens (including phenoxy) is 2. The molecule has 178 valence electrons. The fourth-order valence-corrected chi connectivity index (χ4v) is 8.44. The van der Waals surface area contributed by atoms with Crippen LogP contribution in [0.4, 0.5) is 0 Å². The Morgan fingerprint density at radius 1 is 1.22 bits per heavy atom. The summed E-state index contributed by atoms with van der Waals surface area (Å²) in [7, 11) is 1.47. The average molecular weight is 443 g/mol. The molecule has 0 aromatic heterocycles. The number of fused-ring (bicyclic) bond motifs is 5. The summed E-state index contributed by atoms with van der Waals surface area (Å²) < 4.78 is 10.5. The number of methoxy groups -OCH3 is 1. The van der Waals surface area contributed by atoms with Crippen molar-refractivity contribution >= 4 is 11.9 Å². The third kappa shape index (κ3) is 3.96. The zero-order chi connectivity index (χ0) is 23.1. The summed E-state index contributed by atoms with van der Waals surface area (Å²) in [5.41, 5.74) is 2.28. The Kier molecular flexibility index (Phi) is 6.62. The number of hydrogen-bond acceptors (Lipinski definition) is 4. The minimum Gasteiger partial charge on any atom is -0.469 e. The second kappa shape index (κ2) is 8.99. The maximum absolute atomic E-state index is 11.8. The van der Waals surface area contributed by atoms with Crippen LogP contribution in [-0.2, 0) is 19.1 Å². The first-order valence-corrected chi connectivity index (χ1v) is 12.8. The van der Waals surface area contributed by atoms with Gasteiger partial charge >= 0.3 is 11.9 Å². The van der Waals surface area contributed by atoms with Gasteiger partial charge in [0.25, 0.3) is 0 Å². The summed E-state index contributed by atoms with van der Waals surface area (Å²) in [6.07, 6.45) is 15.5. The highest BCUT2D eigenvalue weighted by atomic mass is 16.5. The second-order valence-corrected chi connectivity index (χ2v) is 11.5. The number of hydrogen-bond donors (Lipinski definition) is 0. The van der Waals surface area contributed by atoms with E-state index >= 15 is 0 Å². The first kappa shape index (κ1) is 23.6. The Labute approximate surface area is 194 Å². The molecule has 0 aromatic rings. The van der Waals surface area contributed by atoms with Crippen LogP contribution in [0.2, 0.25) is 0 Å². The molecule has 0 spiro atoms. The summed E-state index contributed by atoms with van der Waals surface area (Å²) in [4.78, 5) is 23.2. The van der Waals surface area contributed by atoms with Gasteiger partial charge < -0.3 is 9.47 Å². The Morgan fingerprint density at radius 3 is 2.69 bits per heavy atom. The number of carbonyl (C=O) groups excluding carboxylic acids is 2. The first-order chi connectivity index (χ1) is 15.2. The van der Waals surface area contributed by atoms with Gasteiger partial charge in [-0.05, 0) is 98.2 Å². The molecule has 0 amide bonds. The van der Waals surface area contributed by atoms with Gasteiger partial charge in [0.15, 0.2) is 0 Å². The molecule has 4 aliphatic carbocycles. The van der Waals surface area contributed by atoms with Crippen molar-refractivity contribution in [3.05, 3.63) is 24.3 Å². The standard InChI is InChI=1S/C28H42O4/c1-6-19(7-12-26(30)31-5)23-10-11-24-22-9-8-20-17-21(32-18(2)29)13-15-27(20,3)25(22)14-16-28(23,24)4/h6,14,19-24H,1,7-13,15-17H2,2-5H3/t19-,20-,21-,22?,23?,24?,27+,28-/m1/s1. The van der Waals surface area contributed by atoms with E-state index in [4.69, 9.17) is 9.47 Å². The number of carbonyl (C=O) groups is 2. The maximum Gasteiger partial charge on any atom is 0.305 e. The van der Waals surface area contributed by atoms with Crippen molar-refractivity contribution in [2.75, 3.05) is 7.11 Å². The van der Waals surface area contributed by atoms with Gasteiger partial charge in [-0.25, -0.2) is 0 Å². The van der Waals surface area contributed by atoms with Crippen molar-refractivity contribution < 1.29 is 19.1 Å². The fourth-order valence-electron chi connectivity index (χ4n) is 8.44. The Bertz CT molecular complexity index is 784. The quantitative estimate of drug-likeness (QED) is 0.360. The highest BCUT2D eigenvalue weighted by molar-refractivity contribution is 5.69. The lowest BCUT2D eigenvalue weighted by molar-refractivity contribution is -0.151. The summed E-state index contributed by atoms with van der Waals surface area (Å²) in [5, 5.41) is 0. The molecule has 0 heterocycles. The van der Waals surface area contributed by atoms with Crippen LogP contribution in [0.5, 0.6) is 0 Å². The van der Waals surface area contributed by atoms with Gasteiger partial charge in [-0.15, -0.1) is 6.58 Å². The molecule has 4 heteroatoms. The largest absolute Gasteiger partial charge is 0.469 e. The summed E-state index contributed by atoms with van der Waals surface area (Å²) in [5.74, 6) is 2.78. The smallest absolute Gasteiger partial charge is 0.305 e. The molecule has 8 atom stereocenters. The molecule has 3 unspecified atom stereocenters. The normalized spacial score (nSPS) is 41.4. The SMILES string of the molecule is C=C[C@H](CCC(=O)OC)C1CCC2C3CC[C@@H]4C[C@H](OC(C)=O)CC[C@]4(C)C3=CC[C@@]21C. The molecule has 3 saturated carbocycles. The Balaban J connectivity index is 1.52. The van der Waals surface area contributed by atoms with Gasteiger partial charge in [0.05, 0.1) is 7.11 Å². The molecule has 0 N–H and O–H groups in total. The zero-order valence-corrected chi connectivity index (χ0v) is 20.5. The van der Waals surface area contributed by atoms with E-state index in [1.807, 2.05) is 0 Å². The lowest BCUT2D eigenvalue weighted by Gasteiger charge is -2.57. The van der Waals surface area contributed by atoms with Crippen LogP contribution in [0.25, 0.3) is 0 Å². The van der Waals surface area contributed by atoms with E-state index in [2.05, 4.69) is 32.6 Å². The van der Waals surface area contributed by atoms with Gasteiger partial charge in [0.2, 0.25) is 0 Å². The molecule has 4 nitrogen and oxygen atoms in total. The molecular weight excluding hydrogens is 400 g/mol. The average Bonchev–Trinajstić information content (AvgIpc) is 3.11.